The first-order valence-electron chi connectivity index (χ1n) is 13.1. The average Bonchev–Trinajstić information content (AvgIpc) is 2.95. The van der Waals surface area contributed by atoms with E-state index in [0.717, 1.165) is 12.0 Å². The zero-order valence-electron chi connectivity index (χ0n) is 22.7. The quantitative estimate of drug-likeness (QED) is 0.212. The number of benzene rings is 2. The normalized spacial score (nSPS) is 18.6. The first-order chi connectivity index (χ1) is 16.0. The summed E-state index contributed by atoms with van der Waals surface area (Å²) >= 11 is 0. The lowest BCUT2D eigenvalue weighted by atomic mass is 9.71. The van der Waals surface area contributed by atoms with E-state index in [0.29, 0.717) is 11.5 Å². The highest BCUT2D eigenvalue weighted by Crippen LogP contribution is 2.54. The van der Waals surface area contributed by atoms with Gasteiger partial charge in [0, 0.05) is 0 Å². The number of unbranched alkanes of at least 4 members (excludes halogenated alkanes) is 4. The van der Waals surface area contributed by atoms with Crippen LogP contribution in [-0.4, -0.2) is 13.1 Å². The smallest absolute Gasteiger partial charge is 0.337 e. The zero-order valence-corrected chi connectivity index (χ0v) is 22.7. The van der Waals surface area contributed by atoms with Gasteiger partial charge in [-0.2, -0.15) is 0 Å². The average molecular weight is 461 g/mol. The topological polar surface area (TPSA) is 26.3 Å². The Bertz CT molecular complexity index is 1040. The first-order valence-corrected chi connectivity index (χ1v) is 13.1. The number of carbonyl (C=O) groups is 1. The van der Waals surface area contributed by atoms with E-state index in [9.17, 15) is 4.79 Å². The molecule has 0 saturated carbocycles. The van der Waals surface area contributed by atoms with E-state index in [1.807, 2.05) is 24.3 Å². The van der Waals surface area contributed by atoms with E-state index in [1.54, 1.807) is 0 Å². The minimum atomic E-state index is -0.296. The number of rotatable bonds is 9. The molecule has 184 valence electrons. The minimum absolute atomic E-state index is 0.148. The van der Waals surface area contributed by atoms with E-state index in [-0.39, 0.29) is 16.8 Å². The highest BCUT2D eigenvalue weighted by Gasteiger charge is 2.48. The van der Waals surface area contributed by atoms with Crippen LogP contribution in [0, 0.1) is 5.92 Å². The van der Waals surface area contributed by atoms with Crippen molar-refractivity contribution in [2.45, 2.75) is 97.8 Å². The standard InChI is InChI=1S/C32H44O2/c1-9-10-11-12-13-14-26-20-28-29(32(6,7)23(3)31(28,4)5)21-27(26)22(2)19-24-15-17-25(18-16-24)30(33)34-8/h15-21,23H,9-14H2,1-8H3/b22-19+. The van der Waals surface area contributed by atoms with E-state index in [4.69, 9.17) is 4.74 Å². The number of allylic oxidation sites excluding steroid dienone is 1. The maximum Gasteiger partial charge on any atom is 0.337 e. The fraction of sp³-hybridized carbons (Fsp3) is 0.531. The lowest BCUT2D eigenvalue weighted by Gasteiger charge is -2.32. The van der Waals surface area contributed by atoms with Crippen LogP contribution in [0.2, 0.25) is 0 Å². The van der Waals surface area contributed by atoms with Crippen LogP contribution < -0.4 is 0 Å². The van der Waals surface area contributed by atoms with Gasteiger partial charge in [-0.05, 0) is 82.0 Å². The van der Waals surface area contributed by atoms with Crippen molar-refractivity contribution in [1.82, 2.24) is 0 Å². The zero-order chi connectivity index (χ0) is 25.1. The van der Waals surface area contributed by atoms with Crippen LogP contribution in [0.25, 0.3) is 11.6 Å². The van der Waals surface area contributed by atoms with Gasteiger partial charge in [-0.1, -0.05) is 97.6 Å². The second-order valence-corrected chi connectivity index (χ2v) is 11.3. The van der Waals surface area contributed by atoms with Gasteiger partial charge < -0.3 is 4.74 Å². The van der Waals surface area contributed by atoms with Gasteiger partial charge in [0.15, 0.2) is 0 Å². The number of aryl methyl sites for hydroxylation is 1. The number of ether oxygens (including phenoxy) is 1. The molecule has 3 rings (SSSR count). The van der Waals surface area contributed by atoms with Crippen molar-refractivity contribution in [2.75, 3.05) is 7.11 Å². The molecule has 0 N–H and O–H groups in total. The molecule has 0 radical (unpaired) electrons. The van der Waals surface area contributed by atoms with Gasteiger partial charge >= 0.3 is 5.97 Å². The lowest BCUT2D eigenvalue weighted by Crippen LogP contribution is -2.30. The summed E-state index contributed by atoms with van der Waals surface area (Å²) < 4.78 is 4.84. The Hall–Kier alpha value is -2.35. The van der Waals surface area contributed by atoms with Crippen molar-refractivity contribution in [3.05, 3.63) is 69.8 Å². The lowest BCUT2D eigenvalue weighted by molar-refractivity contribution is 0.0600. The Morgan fingerprint density at radius 1 is 0.941 bits per heavy atom. The van der Waals surface area contributed by atoms with E-state index in [2.05, 4.69) is 66.7 Å². The molecule has 0 aromatic heterocycles. The molecular weight excluding hydrogens is 416 g/mol. The third kappa shape index (κ3) is 5.16. The maximum atomic E-state index is 11.8. The van der Waals surface area contributed by atoms with Crippen LogP contribution in [-0.2, 0) is 22.0 Å². The van der Waals surface area contributed by atoms with Gasteiger partial charge in [0.1, 0.15) is 0 Å². The van der Waals surface area contributed by atoms with Crippen LogP contribution in [0.3, 0.4) is 0 Å². The summed E-state index contributed by atoms with van der Waals surface area (Å²) in [6.45, 7) is 16.6. The second-order valence-electron chi connectivity index (χ2n) is 11.3. The molecule has 2 aromatic rings. The third-order valence-electron chi connectivity index (χ3n) is 8.49. The fourth-order valence-corrected chi connectivity index (χ4v) is 5.73. The van der Waals surface area contributed by atoms with Gasteiger partial charge in [-0.15, -0.1) is 0 Å². The summed E-state index contributed by atoms with van der Waals surface area (Å²) in [5.74, 6) is 0.285. The number of fused-ring (bicyclic) bond motifs is 1. The molecule has 1 atom stereocenters. The van der Waals surface area contributed by atoms with Crippen LogP contribution in [0.1, 0.15) is 119 Å². The molecule has 0 spiro atoms. The largest absolute Gasteiger partial charge is 0.465 e. The molecule has 2 aromatic carbocycles. The summed E-state index contributed by atoms with van der Waals surface area (Å²) in [5, 5.41) is 0. The highest BCUT2D eigenvalue weighted by atomic mass is 16.5. The minimum Gasteiger partial charge on any atom is -0.465 e. The molecule has 1 aliphatic rings. The maximum absolute atomic E-state index is 11.8. The fourth-order valence-electron chi connectivity index (χ4n) is 5.73. The van der Waals surface area contributed by atoms with Crippen molar-refractivity contribution in [1.29, 1.82) is 0 Å². The number of hydrogen-bond donors (Lipinski definition) is 0. The van der Waals surface area contributed by atoms with Gasteiger partial charge in [-0.25, -0.2) is 4.79 Å². The number of esters is 1. The van der Waals surface area contributed by atoms with Crippen LogP contribution in [0.5, 0.6) is 0 Å². The van der Waals surface area contributed by atoms with E-state index in [1.165, 1.54) is 67.0 Å². The Labute approximate surface area is 207 Å². The molecule has 0 saturated heterocycles. The Morgan fingerprint density at radius 3 is 2.12 bits per heavy atom. The summed E-state index contributed by atoms with van der Waals surface area (Å²) in [4.78, 5) is 11.8. The molecule has 0 aliphatic heterocycles. The van der Waals surface area contributed by atoms with E-state index >= 15 is 0 Å². The van der Waals surface area contributed by atoms with Crippen molar-refractivity contribution in [3.63, 3.8) is 0 Å². The van der Waals surface area contributed by atoms with Crippen molar-refractivity contribution in [3.8, 4) is 0 Å². The number of hydrogen-bond acceptors (Lipinski definition) is 2. The predicted molar refractivity (Wildman–Crippen MR) is 145 cm³/mol. The van der Waals surface area contributed by atoms with Crippen molar-refractivity contribution >= 4 is 17.6 Å². The second kappa shape index (κ2) is 10.5. The Balaban J connectivity index is 2.01. The highest BCUT2D eigenvalue weighted by molar-refractivity contribution is 5.90. The summed E-state index contributed by atoms with van der Waals surface area (Å²) in [6.07, 6.45) is 9.86. The van der Waals surface area contributed by atoms with Crippen molar-refractivity contribution in [2.24, 2.45) is 5.92 Å². The molecular formula is C32H44O2. The van der Waals surface area contributed by atoms with Crippen LogP contribution in [0.4, 0.5) is 0 Å². The molecule has 1 aliphatic carbocycles. The molecule has 0 heterocycles. The summed E-state index contributed by atoms with van der Waals surface area (Å²) in [6, 6.07) is 12.7. The Morgan fingerprint density at radius 2 is 1.53 bits per heavy atom. The monoisotopic (exact) mass is 460 g/mol. The van der Waals surface area contributed by atoms with Gasteiger partial charge in [0.2, 0.25) is 0 Å². The van der Waals surface area contributed by atoms with Gasteiger partial charge in [0.05, 0.1) is 12.7 Å². The molecule has 2 nitrogen and oxygen atoms in total. The van der Waals surface area contributed by atoms with Gasteiger partial charge in [-0.3, -0.25) is 0 Å². The molecule has 0 bridgehead atoms. The van der Waals surface area contributed by atoms with E-state index < -0.39 is 0 Å². The van der Waals surface area contributed by atoms with Crippen molar-refractivity contribution < 1.29 is 9.53 Å². The predicted octanol–water partition coefficient (Wildman–Crippen LogP) is 8.75. The Kier molecular flexibility index (Phi) is 8.11. The first kappa shape index (κ1) is 26.3. The SMILES string of the molecule is CCCCCCCc1cc2c(cc1/C(C)=C/c1ccc(C(=O)OC)cc1)C(C)(C)C(C)C2(C)C. The summed E-state index contributed by atoms with van der Waals surface area (Å²) in [5.41, 5.74) is 9.19. The third-order valence-corrected chi connectivity index (χ3v) is 8.49. The molecule has 0 amide bonds. The molecule has 2 heteroatoms. The summed E-state index contributed by atoms with van der Waals surface area (Å²) in [7, 11) is 1.42. The number of methoxy groups -OCH3 is 1. The molecule has 34 heavy (non-hydrogen) atoms. The molecule has 1 unspecified atom stereocenters. The van der Waals surface area contributed by atoms with Crippen LogP contribution in [0.15, 0.2) is 36.4 Å². The molecule has 0 fully saturated rings. The number of carbonyl (C=O) groups excluding carboxylic acids is 1. The van der Waals surface area contributed by atoms with Crippen LogP contribution >= 0.6 is 0 Å². The van der Waals surface area contributed by atoms with Gasteiger partial charge in [0.25, 0.3) is 0 Å².